The summed E-state index contributed by atoms with van der Waals surface area (Å²) >= 11 is 1.32. The van der Waals surface area contributed by atoms with Crippen LogP contribution in [0.5, 0.6) is 5.75 Å². The Morgan fingerprint density at radius 3 is 2.81 bits per heavy atom. The maximum absolute atomic E-state index is 12.1. The quantitative estimate of drug-likeness (QED) is 0.849. The van der Waals surface area contributed by atoms with Crippen LogP contribution in [0.15, 0.2) is 34.8 Å². The van der Waals surface area contributed by atoms with E-state index in [1.54, 1.807) is 24.7 Å². The number of nitrogens with zero attached hydrogens (tertiary/aromatic N) is 2. The minimum absolute atomic E-state index is 0.0531. The van der Waals surface area contributed by atoms with Gasteiger partial charge in [-0.25, -0.2) is 0 Å². The van der Waals surface area contributed by atoms with Gasteiger partial charge >= 0.3 is 0 Å². The number of aromatic nitrogens is 1. The third kappa shape index (κ3) is 3.57. The largest absolute Gasteiger partial charge is 0.507 e. The highest BCUT2D eigenvalue weighted by Gasteiger charge is 2.12. The van der Waals surface area contributed by atoms with Crippen molar-refractivity contribution in [3.63, 3.8) is 0 Å². The van der Waals surface area contributed by atoms with Gasteiger partial charge in [-0.15, -0.1) is 11.3 Å². The molecule has 0 aliphatic rings. The van der Waals surface area contributed by atoms with Crippen molar-refractivity contribution in [1.29, 1.82) is 0 Å². The van der Waals surface area contributed by atoms with E-state index in [1.807, 2.05) is 5.38 Å². The zero-order valence-corrected chi connectivity index (χ0v) is 12.5. The van der Waals surface area contributed by atoms with Gasteiger partial charge in [-0.3, -0.25) is 9.59 Å². The molecule has 0 spiro atoms. The lowest BCUT2D eigenvalue weighted by molar-refractivity contribution is -0.115. The molecular weight excluding hydrogens is 290 g/mol. The third-order valence-corrected chi connectivity index (χ3v) is 3.64. The molecule has 7 heteroatoms. The van der Waals surface area contributed by atoms with Gasteiger partial charge in [-0.05, 0) is 18.2 Å². The number of benzene rings is 1. The zero-order valence-electron chi connectivity index (χ0n) is 11.7. The van der Waals surface area contributed by atoms with Crippen LogP contribution in [0.1, 0.15) is 23.7 Å². The van der Waals surface area contributed by atoms with Crippen LogP contribution in [0, 0.1) is 0 Å². The second-order valence-electron chi connectivity index (χ2n) is 4.35. The van der Waals surface area contributed by atoms with Gasteiger partial charge in [-0.1, -0.05) is 6.92 Å². The highest BCUT2D eigenvalue weighted by Crippen LogP contribution is 2.22. The summed E-state index contributed by atoms with van der Waals surface area (Å²) in [5, 5.41) is 14.2. The van der Waals surface area contributed by atoms with E-state index in [9.17, 15) is 14.7 Å². The van der Waals surface area contributed by atoms with Crippen molar-refractivity contribution < 1.29 is 14.7 Å². The van der Waals surface area contributed by atoms with E-state index in [4.69, 9.17) is 0 Å². The van der Waals surface area contributed by atoms with E-state index in [0.29, 0.717) is 16.9 Å². The van der Waals surface area contributed by atoms with E-state index in [1.165, 1.54) is 29.5 Å². The molecule has 6 nitrogen and oxygen atoms in total. The van der Waals surface area contributed by atoms with Crippen molar-refractivity contribution in [2.45, 2.75) is 13.3 Å². The maximum Gasteiger partial charge on any atom is 0.283 e. The van der Waals surface area contributed by atoms with Crippen LogP contribution in [0.2, 0.25) is 0 Å². The molecule has 2 rings (SSSR count). The van der Waals surface area contributed by atoms with E-state index in [0.717, 1.165) is 0 Å². The second kappa shape index (κ2) is 6.36. The molecule has 0 aliphatic carbocycles. The average molecular weight is 305 g/mol. The molecule has 2 amide bonds. The summed E-state index contributed by atoms with van der Waals surface area (Å²) in [7, 11) is 1.78. The van der Waals surface area contributed by atoms with Gasteiger partial charge in [0.05, 0.1) is 5.56 Å². The lowest BCUT2D eigenvalue weighted by atomic mass is 10.1. The Kier molecular flexibility index (Phi) is 4.54. The minimum atomic E-state index is -0.557. The number of nitrogens with one attached hydrogen (secondary N) is 1. The van der Waals surface area contributed by atoms with E-state index < -0.39 is 5.91 Å². The smallest absolute Gasteiger partial charge is 0.283 e. The number of anilines is 1. The molecule has 0 radical (unpaired) electrons. The highest BCUT2D eigenvalue weighted by molar-refractivity contribution is 7.07. The van der Waals surface area contributed by atoms with Crippen LogP contribution in [-0.2, 0) is 11.8 Å². The molecule has 0 fully saturated rings. The van der Waals surface area contributed by atoms with Crippen LogP contribution >= 0.6 is 11.3 Å². The first kappa shape index (κ1) is 15.0. The summed E-state index contributed by atoms with van der Waals surface area (Å²) in [4.78, 5) is 28.0. The van der Waals surface area contributed by atoms with Crippen LogP contribution in [-0.4, -0.2) is 21.5 Å². The van der Waals surface area contributed by atoms with Gasteiger partial charge in [0.15, 0.2) is 4.80 Å². The van der Waals surface area contributed by atoms with Crippen LogP contribution < -0.4 is 10.1 Å². The molecule has 0 aliphatic heterocycles. The fraction of sp³-hybridized carbons (Fsp3) is 0.214. The topological polar surface area (TPSA) is 83.7 Å². The fourth-order valence-corrected chi connectivity index (χ4v) is 2.34. The number of thiazole rings is 1. The molecule has 1 aromatic carbocycles. The highest BCUT2D eigenvalue weighted by atomic mass is 32.1. The summed E-state index contributed by atoms with van der Waals surface area (Å²) in [6.07, 6.45) is 2.12. The van der Waals surface area contributed by atoms with Gasteiger partial charge in [0.25, 0.3) is 5.91 Å². The normalized spacial score (nSPS) is 11.4. The maximum atomic E-state index is 12.1. The van der Waals surface area contributed by atoms with Gasteiger partial charge in [-0.2, -0.15) is 4.99 Å². The molecule has 2 N–H and O–H groups in total. The molecule has 0 atom stereocenters. The monoisotopic (exact) mass is 305 g/mol. The van der Waals surface area contributed by atoms with Crippen LogP contribution in [0.4, 0.5) is 5.69 Å². The van der Waals surface area contributed by atoms with Crippen molar-refractivity contribution >= 4 is 28.8 Å². The van der Waals surface area contributed by atoms with E-state index >= 15 is 0 Å². The molecule has 0 unspecified atom stereocenters. The van der Waals surface area contributed by atoms with Crippen molar-refractivity contribution in [2.75, 3.05) is 5.32 Å². The van der Waals surface area contributed by atoms with Crippen LogP contribution in [0.25, 0.3) is 0 Å². The van der Waals surface area contributed by atoms with Crippen molar-refractivity contribution in [2.24, 2.45) is 12.0 Å². The Hall–Kier alpha value is -2.41. The number of rotatable bonds is 3. The number of hydrogen-bond donors (Lipinski definition) is 2. The molecule has 0 bridgehead atoms. The number of carbonyl (C=O) groups excluding carboxylic acids is 2. The first-order valence-electron chi connectivity index (χ1n) is 6.33. The lowest BCUT2D eigenvalue weighted by Gasteiger charge is -2.06. The Bertz CT molecular complexity index is 746. The SMILES string of the molecule is CCC(=O)Nc1ccc(O)c(C(=O)N=c2sccn2C)c1. The van der Waals surface area contributed by atoms with E-state index in [2.05, 4.69) is 10.3 Å². The van der Waals surface area contributed by atoms with Gasteiger partial charge in [0.2, 0.25) is 5.91 Å². The first-order valence-corrected chi connectivity index (χ1v) is 7.21. The molecule has 1 heterocycles. The Morgan fingerprint density at radius 2 is 2.19 bits per heavy atom. The number of phenols is 1. The summed E-state index contributed by atoms with van der Waals surface area (Å²) in [5.41, 5.74) is 0.506. The number of phenolic OH excluding ortho intramolecular Hbond substituents is 1. The summed E-state index contributed by atoms with van der Waals surface area (Å²) in [5.74, 6) is -0.892. The summed E-state index contributed by atoms with van der Waals surface area (Å²) in [6.45, 7) is 1.73. The van der Waals surface area contributed by atoms with E-state index in [-0.39, 0.29) is 17.2 Å². The Labute approximate surface area is 125 Å². The molecule has 110 valence electrons. The molecular formula is C14H15N3O3S. The number of amides is 2. The Morgan fingerprint density at radius 1 is 1.43 bits per heavy atom. The number of carbonyl (C=O) groups is 2. The first-order chi connectivity index (χ1) is 10.0. The van der Waals surface area contributed by atoms with Crippen molar-refractivity contribution in [1.82, 2.24) is 4.57 Å². The molecule has 21 heavy (non-hydrogen) atoms. The minimum Gasteiger partial charge on any atom is -0.507 e. The van der Waals surface area contributed by atoms with Crippen LogP contribution in [0.3, 0.4) is 0 Å². The standard InChI is InChI=1S/C14H15N3O3S/c1-3-12(19)15-9-4-5-11(18)10(8-9)13(20)16-14-17(2)6-7-21-14/h4-8,18H,3H2,1-2H3,(H,15,19). The number of aromatic hydroxyl groups is 1. The van der Waals surface area contributed by atoms with Crippen molar-refractivity contribution in [3.8, 4) is 5.75 Å². The summed E-state index contributed by atoms with van der Waals surface area (Å²) < 4.78 is 1.71. The van der Waals surface area contributed by atoms with Gasteiger partial charge < -0.3 is 15.0 Å². The number of aryl methyl sites for hydroxylation is 1. The molecule has 2 aromatic rings. The average Bonchev–Trinajstić information content (AvgIpc) is 2.86. The van der Waals surface area contributed by atoms with Gasteiger partial charge in [0, 0.05) is 30.7 Å². The fourth-order valence-electron chi connectivity index (χ4n) is 1.62. The predicted molar refractivity (Wildman–Crippen MR) is 80.2 cm³/mol. The second-order valence-corrected chi connectivity index (χ2v) is 5.22. The zero-order chi connectivity index (χ0) is 15.4. The molecule has 0 saturated carbocycles. The Balaban J connectivity index is 2.35. The summed E-state index contributed by atoms with van der Waals surface area (Å²) in [6, 6.07) is 4.32. The molecule has 0 saturated heterocycles. The molecule has 1 aromatic heterocycles. The van der Waals surface area contributed by atoms with Gasteiger partial charge in [0.1, 0.15) is 5.75 Å². The van der Waals surface area contributed by atoms with Crippen molar-refractivity contribution in [3.05, 3.63) is 40.1 Å². The predicted octanol–water partition coefficient (Wildman–Crippen LogP) is 1.88. The number of hydrogen-bond acceptors (Lipinski definition) is 4. The third-order valence-electron chi connectivity index (χ3n) is 2.79. The lowest BCUT2D eigenvalue weighted by Crippen LogP contribution is -2.13.